The molecule has 2 N–H and O–H groups in total. The van der Waals surface area contributed by atoms with Crippen LogP contribution < -0.4 is 15.4 Å². The molecular formula is C19H24N4O2. The first kappa shape index (κ1) is 17.2. The number of rotatable bonds is 7. The number of methoxy groups -OCH3 is 1. The molecule has 0 bridgehead atoms. The van der Waals surface area contributed by atoms with E-state index < -0.39 is 0 Å². The third-order valence-electron chi connectivity index (χ3n) is 4.46. The quantitative estimate of drug-likeness (QED) is 0.810. The Balaban J connectivity index is 1.45. The van der Waals surface area contributed by atoms with Crippen LogP contribution in [0, 0.1) is 0 Å². The number of ether oxygens (including phenoxy) is 1. The molecule has 6 nitrogen and oxygen atoms in total. The van der Waals surface area contributed by atoms with Crippen LogP contribution in [0.3, 0.4) is 0 Å². The molecule has 0 saturated heterocycles. The number of carbonyl (C=O) groups excluding carboxylic acids is 1. The average Bonchev–Trinajstić information content (AvgIpc) is 3.16. The number of hydrogen-bond donors (Lipinski definition) is 2. The summed E-state index contributed by atoms with van der Waals surface area (Å²) in [5, 5.41) is 6.21. The van der Waals surface area contributed by atoms with Crippen LogP contribution in [0.15, 0.2) is 36.7 Å². The van der Waals surface area contributed by atoms with Gasteiger partial charge in [0, 0.05) is 25.0 Å². The van der Waals surface area contributed by atoms with E-state index in [2.05, 4.69) is 20.6 Å². The van der Waals surface area contributed by atoms with E-state index in [1.807, 2.05) is 24.3 Å². The van der Waals surface area contributed by atoms with Gasteiger partial charge in [0.05, 0.1) is 12.7 Å². The van der Waals surface area contributed by atoms with E-state index in [4.69, 9.17) is 4.74 Å². The molecular weight excluding hydrogens is 316 g/mol. The molecule has 1 amide bonds. The highest BCUT2D eigenvalue weighted by Crippen LogP contribution is 2.18. The first-order chi connectivity index (χ1) is 12.2. The lowest BCUT2D eigenvalue weighted by atomic mass is 10.1. The van der Waals surface area contributed by atoms with Crippen LogP contribution in [0.4, 0.5) is 5.95 Å². The molecule has 3 rings (SSSR count). The van der Waals surface area contributed by atoms with Gasteiger partial charge in [0.1, 0.15) is 5.75 Å². The number of nitrogens with zero attached hydrogens (tertiary/aromatic N) is 2. The fourth-order valence-corrected chi connectivity index (χ4v) is 2.99. The van der Waals surface area contributed by atoms with Gasteiger partial charge in [-0.15, -0.1) is 0 Å². The molecule has 1 aliphatic rings. The van der Waals surface area contributed by atoms with E-state index >= 15 is 0 Å². The van der Waals surface area contributed by atoms with Crippen molar-refractivity contribution < 1.29 is 9.53 Å². The van der Waals surface area contributed by atoms with Crippen molar-refractivity contribution in [3.63, 3.8) is 0 Å². The number of benzene rings is 1. The third-order valence-corrected chi connectivity index (χ3v) is 4.46. The van der Waals surface area contributed by atoms with Crippen LogP contribution in [0.5, 0.6) is 5.75 Å². The number of aromatic nitrogens is 2. The molecule has 0 unspecified atom stereocenters. The molecule has 1 fully saturated rings. The van der Waals surface area contributed by atoms with Crippen molar-refractivity contribution in [2.45, 2.75) is 38.1 Å². The number of carbonyl (C=O) groups is 1. The smallest absolute Gasteiger partial charge is 0.254 e. The summed E-state index contributed by atoms with van der Waals surface area (Å²) in [4.78, 5) is 20.6. The highest BCUT2D eigenvalue weighted by atomic mass is 16.5. The van der Waals surface area contributed by atoms with E-state index in [0.29, 0.717) is 17.6 Å². The van der Waals surface area contributed by atoms with Gasteiger partial charge in [-0.3, -0.25) is 4.79 Å². The predicted molar refractivity (Wildman–Crippen MR) is 96.9 cm³/mol. The van der Waals surface area contributed by atoms with E-state index in [-0.39, 0.29) is 5.91 Å². The molecule has 0 spiro atoms. The molecule has 2 aromatic rings. The highest BCUT2D eigenvalue weighted by molar-refractivity contribution is 5.93. The van der Waals surface area contributed by atoms with E-state index in [1.165, 1.54) is 18.4 Å². The van der Waals surface area contributed by atoms with Crippen LogP contribution in [0.2, 0.25) is 0 Å². The van der Waals surface area contributed by atoms with E-state index in [9.17, 15) is 4.79 Å². The minimum absolute atomic E-state index is 0.0864. The summed E-state index contributed by atoms with van der Waals surface area (Å²) in [5.74, 6) is 1.30. The van der Waals surface area contributed by atoms with Crippen molar-refractivity contribution in [2.75, 3.05) is 19.0 Å². The molecule has 132 valence electrons. The lowest BCUT2D eigenvalue weighted by Gasteiger charge is -2.11. The van der Waals surface area contributed by atoms with Crippen molar-refractivity contribution in [1.29, 1.82) is 0 Å². The largest absolute Gasteiger partial charge is 0.497 e. The minimum atomic E-state index is -0.0864. The molecule has 25 heavy (non-hydrogen) atoms. The molecule has 1 heterocycles. The molecule has 1 aromatic heterocycles. The fourth-order valence-electron chi connectivity index (χ4n) is 2.99. The Bertz CT molecular complexity index is 680. The van der Waals surface area contributed by atoms with Crippen molar-refractivity contribution in [2.24, 2.45) is 0 Å². The van der Waals surface area contributed by atoms with Gasteiger partial charge in [-0.05, 0) is 37.0 Å². The second-order valence-corrected chi connectivity index (χ2v) is 6.28. The molecule has 6 heteroatoms. The lowest BCUT2D eigenvalue weighted by Crippen LogP contribution is -2.32. The lowest BCUT2D eigenvalue weighted by molar-refractivity contribution is 0.0937. The van der Waals surface area contributed by atoms with Gasteiger partial charge in [-0.25, -0.2) is 9.97 Å². The summed E-state index contributed by atoms with van der Waals surface area (Å²) in [7, 11) is 1.66. The monoisotopic (exact) mass is 340 g/mol. The van der Waals surface area contributed by atoms with Crippen LogP contribution in [-0.4, -0.2) is 35.6 Å². The van der Waals surface area contributed by atoms with Gasteiger partial charge in [-0.1, -0.05) is 25.0 Å². The zero-order valence-electron chi connectivity index (χ0n) is 14.5. The maximum absolute atomic E-state index is 12.1. The fraction of sp³-hybridized carbons (Fsp3) is 0.421. The standard InChI is InChI=1S/C19H24N4O2/c1-25-17-8-6-14(7-9-17)10-11-20-19-21-12-15(13-22-19)18(24)23-16-4-2-3-5-16/h6-9,12-13,16H,2-5,10-11H2,1H3,(H,23,24)(H,20,21,22). The van der Waals surface area contributed by atoms with Crippen molar-refractivity contribution in [3.8, 4) is 5.75 Å². The molecule has 0 radical (unpaired) electrons. The second kappa shape index (κ2) is 8.46. The second-order valence-electron chi connectivity index (χ2n) is 6.28. The van der Waals surface area contributed by atoms with Crippen LogP contribution in [-0.2, 0) is 6.42 Å². The Morgan fingerprint density at radius 1 is 1.16 bits per heavy atom. The Morgan fingerprint density at radius 3 is 2.48 bits per heavy atom. The molecule has 1 aromatic carbocycles. The number of amides is 1. The van der Waals surface area contributed by atoms with Crippen LogP contribution >= 0.6 is 0 Å². The SMILES string of the molecule is COc1ccc(CCNc2ncc(C(=O)NC3CCCC3)cn2)cc1. The Labute approximate surface area is 148 Å². The zero-order chi connectivity index (χ0) is 17.5. The average molecular weight is 340 g/mol. The Hall–Kier alpha value is -2.63. The van der Waals surface area contributed by atoms with Crippen LogP contribution in [0.1, 0.15) is 41.6 Å². The summed E-state index contributed by atoms with van der Waals surface area (Å²) in [5.41, 5.74) is 1.72. The van der Waals surface area contributed by atoms with Gasteiger partial charge in [-0.2, -0.15) is 0 Å². The van der Waals surface area contributed by atoms with Gasteiger partial charge < -0.3 is 15.4 Å². The summed E-state index contributed by atoms with van der Waals surface area (Å²) >= 11 is 0. The number of nitrogens with one attached hydrogen (secondary N) is 2. The summed E-state index contributed by atoms with van der Waals surface area (Å²) < 4.78 is 5.15. The zero-order valence-corrected chi connectivity index (χ0v) is 14.5. The normalized spacial score (nSPS) is 14.3. The maximum atomic E-state index is 12.1. The third kappa shape index (κ3) is 4.92. The van der Waals surface area contributed by atoms with E-state index in [0.717, 1.165) is 31.6 Å². The highest BCUT2D eigenvalue weighted by Gasteiger charge is 2.18. The minimum Gasteiger partial charge on any atom is -0.497 e. The van der Waals surface area contributed by atoms with Gasteiger partial charge in [0.2, 0.25) is 5.95 Å². The van der Waals surface area contributed by atoms with Crippen molar-refractivity contribution in [1.82, 2.24) is 15.3 Å². The summed E-state index contributed by atoms with van der Waals surface area (Å²) in [6, 6.07) is 8.28. The number of hydrogen-bond acceptors (Lipinski definition) is 5. The Kier molecular flexibility index (Phi) is 5.82. The summed E-state index contributed by atoms with van der Waals surface area (Å²) in [6.45, 7) is 0.722. The Morgan fingerprint density at radius 2 is 1.84 bits per heavy atom. The first-order valence-corrected chi connectivity index (χ1v) is 8.74. The van der Waals surface area contributed by atoms with Gasteiger partial charge in [0.25, 0.3) is 5.91 Å². The molecule has 0 aliphatic heterocycles. The first-order valence-electron chi connectivity index (χ1n) is 8.74. The molecule has 1 aliphatic carbocycles. The van der Waals surface area contributed by atoms with Crippen LogP contribution in [0.25, 0.3) is 0 Å². The molecule has 0 atom stereocenters. The topological polar surface area (TPSA) is 76.1 Å². The maximum Gasteiger partial charge on any atom is 0.254 e. The summed E-state index contributed by atoms with van der Waals surface area (Å²) in [6.07, 6.45) is 8.53. The number of anilines is 1. The van der Waals surface area contributed by atoms with Crippen molar-refractivity contribution in [3.05, 3.63) is 47.8 Å². The van der Waals surface area contributed by atoms with Crippen molar-refractivity contribution >= 4 is 11.9 Å². The van der Waals surface area contributed by atoms with E-state index in [1.54, 1.807) is 19.5 Å². The predicted octanol–water partition coefficient (Wildman–Crippen LogP) is 2.81. The van der Waals surface area contributed by atoms with Gasteiger partial charge in [0.15, 0.2) is 0 Å². The molecule has 1 saturated carbocycles. The van der Waals surface area contributed by atoms with Gasteiger partial charge >= 0.3 is 0 Å².